The average Bonchev–Trinajstić information content (AvgIpc) is 2.74. The van der Waals surface area contributed by atoms with E-state index < -0.39 is 11.6 Å². The van der Waals surface area contributed by atoms with Crippen molar-refractivity contribution in [1.29, 1.82) is 0 Å². The zero-order chi connectivity index (χ0) is 19.9. The quantitative estimate of drug-likeness (QED) is 0.411. The first-order chi connectivity index (χ1) is 13.6. The van der Waals surface area contributed by atoms with Gasteiger partial charge < -0.3 is 4.74 Å². The molecule has 0 amide bonds. The van der Waals surface area contributed by atoms with E-state index >= 15 is 0 Å². The van der Waals surface area contributed by atoms with Gasteiger partial charge in [0.1, 0.15) is 6.61 Å². The Labute approximate surface area is 169 Å². The predicted molar refractivity (Wildman–Crippen MR) is 112 cm³/mol. The number of halogens is 2. The topological polar surface area (TPSA) is 9.23 Å². The van der Waals surface area contributed by atoms with E-state index in [4.69, 9.17) is 4.74 Å². The summed E-state index contributed by atoms with van der Waals surface area (Å²) in [6.45, 7) is 6.00. The molecular weight excluding hydrogens is 354 g/mol. The zero-order valence-corrected chi connectivity index (χ0v) is 17.4. The van der Waals surface area contributed by atoms with Gasteiger partial charge in [-0.05, 0) is 73.8 Å². The van der Waals surface area contributed by atoms with Gasteiger partial charge >= 0.3 is 0 Å². The summed E-state index contributed by atoms with van der Waals surface area (Å²) >= 11 is 0. The molecule has 3 heteroatoms. The van der Waals surface area contributed by atoms with Crippen molar-refractivity contribution in [2.75, 3.05) is 6.61 Å². The average molecular weight is 391 g/mol. The fraction of sp³-hybridized carbons (Fsp3) is 0.680. The summed E-state index contributed by atoms with van der Waals surface area (Å²) in [5, 5.41) is 0. The third-order valence-electron chi connectivity index (χ3n) is 7.17. The van der Waals surface area contributed by atoms with E-state index in [9.17, 15) is 8.78 Å². The largest absolute Gasteiger partial charge is 0.486 e. The Hall–Kier alpha value is -1.38. The molecule has 0 saturated heterocycles. The summed E-state index contributed by atoms with van der Waals surface area (Å²) in [5.41, 5.74) is 0.533. The Morgan fingerprint density at radius 3 is 2.21 bits per heavy atom. The highest BCUT2D eigenvalue weighted by Crippen LogP contribution is 2.45. The van der Waals surface area contributed by atoms with Gasteiger partial charge in [-0.15, -0.1) is 0 Å². The minimum absolute atomic E-state index is 0.0188. The maximum absolute atomic E-state index is 14.6. The highest BCUT2D eigenvalue weighted by molar-refractivity contribution is 5.33. The van der Waals surface area contributed by atoms with Gasteiger partial charge in [-0.1, -0.05) is 57.7 Å². The first-order valence-corrected chi connectivity index (χ1v) is 11.4. The molecule has 3 rings (SSSR count). The van der Waals surface area contributed by atoms with Crippen LogP contribution < -0.4 is 4.74 Å². The lowest BCUT2D eigenvalue weighted by molar-refractivity contribution is 0.155. The number of hydrogen-bond acceptors (Lipinski definition) is 1. The molecule has 0 radical (unpaired) electrons. The summed E-state index contributed by atoms with van der Waals surface area (Å²) in [4.78, 5) is 0. The molecule has 0 aliphatic heterocycles. The van der Waals surface area contributed by atoms with Crippen LogP contribution in [0.4, 0.5) is 8.78 Å². The summed E-state index contributed by atoms with van der Waals surface area (Å²) in [5.74, 6) is 1.14. The predicted octanol–water partition coefficient (Wildman–Crippen LogP) is 7.80. The molecule has 0 heterocycles. The molecule has 2 fully saturated rings. The SMILES string of the molecule is C=CCOc1ccc(C2CCC(C3CCC(CCCC)CC3)CC2)c(F)c1F. The first-order valence-electron chi connectivity index (χ1n) is 11.4. The van der Waals surface area contributed by atoms with Crippen LogP contribution in [0.15, 0.2) is 24.8 Å². The van der Waals surface area contributed by atoms with Crippen LogP contribution in [0.2, 0.25) is 0 Å². The van der Waals surface area contributed by atoms with Gasteiger partial charge in [-0.3, -0.25) is 0 Å². The Kier molecular flexibility index (Phi) is 7.93. The molecule has 0 N–H and O–H groups in total. The van der Waals surface area contributed by atoms with E-state index in [1.165, 1.54) is 51.0 Å². The second-order valence-corrected chi connectivity index (χ2v) is 8.92. The van der Waals surface area contributed by atoms with Crippen LogP contribution in [0.1, 0.15) is 89.0 Å². The molecule has 2 aliphatic rings. The smallest absolute Gasteiger partial charge is 0.200 e. The van der Waals surface area contributed by atoms with E-state index in [1.807, 2.05) is 0 Å². The number of rotatable bonds is 8. The highest BCUT2D eigenvalue weighted by atomic mass is 19.2. The van der Waals surface area contributed by atoms with Crippen LogP contribution in [0.3, 0.4) is 0 Å². The van der Waals surface area contributed by atoms with Gasteiger partial charge in [0.05, 0.1) is 0 Å². The van der Waals surface area contributed by atoms with Crippen LogP contribution in [0.25, 0.3) is 0 Å². The molecule has 1 aromatic carbocycles. The second kappa shape index (κ2) is 10.4. The number of benzene rings is 1. The van der Waals surface area contributed by atoms with E-state index in [-0.39, 0.29) is 18.3 Å². The molecule has 1 nitrogen and oxygen atoms in total. The van der Waals surface area contributed by atoms with Gasteiger partial charge in [-0.25, -0.2) is 4.39 Å². The molecular formula is C25H36F2O. The van der Waals surface area contributed by atoms with E-state index in [1.54, 1.807) is 12.1 Å². The van der Waals surface area contributed by atoms with Crippen LogP contribution in [-0.4, -0.2) is 6.61 Å². The van der Waals surface area contributed by atoms with Gasteiger partial charge in [0.15, 0.2) is 11.6 Å². The fourth-order valence-corrected chi connectivity index (χ4v) is 5.46. The van der Waals surface area contributed by atoms with Crippen molar-refractivity contribution >= 4 is 0 Å². The Morgan fingerprint density at radius 1 is 0.964 bits per heavy atom. The lowest BCUT2D eigenvalue weighted by Crippen LogP contribution is -2.25. The second-order valence-electron chi connectivity index (χ2n) is 8.92. The molecule has 0 unspecified atom stereocenters. The van der Waals surface area contributed by atoms with Gasteiger partial charge in [-0.2, -0.15) is 4.39 Å². The van der Waals surface area contributed by atoms with Crippen molar-refractivity contribution in [2.24, 2.45) is 17.8 Å². The van der Waals surface area contributed by atoms with Gasteiger partial charge in [0.25, 0.3) is 0 Å². The molecule has 0 atom stereocenters. The molecule has 0 aromatic heterocycles. The Morgan fingerprint density at radius 2 is 1.61 bits per heavy atom. The lowest BCUT2D eigenvalue weighted by Gasteiger charge is -2.38. The monoisotopic (exact) mass is 390 g/mol. The minimum Gasteiger partial charge on any atom is -0.486 e. The third kappa shape index (κ3) is 5.15. The summed E-state index contributed by atoms with van der Waals surface area (Å²) in [6.07, 6.45) is 15.4. The maximum atomic E-state index is 14.6. The molecule has 0 bridgehead atoms. The van der Waals surface area contributed by atoms with E-state index in [0.717, 1.165) is 43.4 Å². The lowest BCUT2D eigenvalue weighted by atomic mass is 9.68. The third-order valence-corrected chi connectivity index (χ3v) is 7.17. The number of ether oxygens (including phenoxy) is 1. The summed E-state index contributed by atoms with van der Waals surface area (Å²) in [6, 6.07) is 3.29. The van der Waals surface area contributed by atoms with Crippen molar-refractivity contribution in [3.8, 4) is 5.75 Å². The number of hydrogen-bond donors (Lipinski definition) is 0. The maximum Gasteiger partial charge on any atom is 0.200 e. The standard InChI is InChI=1S/C25H36F2O/c1-3-5-6-18-7-9-19(10-8-18)20-11-13-21(14-12-20)22-15-16-23(28-17-4-2)25(27)24(22)26/h4,15-16,18-21H,2-3,5-14,17H2,1H3. The van der Waals surface area contributed by atoms with Crippen molar-refractivity contribution in [3.63, 3.8) is 0 Å². The molecule has 156 valence electrons. The first kappa shape index (κ1) is 21.3. The zero-order valence-electron chi connectivity index (χ0n) is 17.4. The molecule has 0 spiro atoms. The Bertz CT molecular complexity index is 626. The normalized spacial score (nSPS) is 28.1. The van der Waals surface area contributed by atoms with Crippen molar-refractivity contribution in [3.05, 3.63) is 42.0 Å². The van der Waals surface area contributed by atoms with Crippen LogP contribution >= 0.6 is 0 Å². The molecule has 2 aliphatic carbocycles. The highest BCUT2D eigenvalue weighted by Gasteiger charge is 2.32. The van der Waals surface area contributed by atoms with Crippen LogP contribution in [-0.2, 0) is 0 Å². The summed E-state index contributed by atoms with van der Waals surface area (Å²) < 4.78 is 34.1. The van der Waals surface area contributed by atoms with Crippen LogP contribution in [0, 0.1) is 29.4 Å². The van der Waals surface area contributed by atoms with E-state index in [0.29, 0.717) is 5.56 Å². The molecule has 2 saturated carbocycles. The molecule has 1 aromatic rings. The minimum atomic E-state index is -0.855. The summed E-state index contributed by atoms with van der Waals surface area (Å²) in [7, 11) is 0. The Balaban J connectivity index is 1.52. The van der Waals surface area contributed by atoms with Gasteiger partial charge in [0.2, 0.25) is 5.82 Å². The van der Waals surface area contributed by atoms with Crippen LogP contribution in [0.5, 0.6) is 5.75 Å². The molecule has 28 heavy (non-hydrogen) atoms. The van der Waals surface area contributed by atoms with Crippen molar-refractivity contribution < 1.29 is 13.5 Å². The number of unbranched alkanes of at least 4 members (excludes halogenated alkanes) is 1. The van der Waals surface area contributed by atoms with Crippen molar-refractivity contribution in [1.82, 2.24) is 0 Å². The fourth-order valence-electron chi connectivity index (χ4n) is 5.46. The van der Waals surface area contributed by atoms with Gasteiger partial charge in [0, 0.05) is 0 Å². The van der Waals surface area contributed by atoms with E-state index in [2.05, 4.69) is 13.5 Å². The van der Waals surface area contributed by atoms with Crippen molar-refractivity contribution in [2.45, 2.75) is 83.5 Å².